The number of piperazine rings is 1. The highest BCUT2D eigenvalue weighted by Crippen LogP contribution is 2.15. The number of carbonyl (C=O) groups is 2. The van der Waals surface area contributed by atoms with E-state index in [2.05, 4.69) is 14.9 Å². The number of aromatic nitrogens is 2. The second kappa shape index (κ2) is 8.56. The Morgan fingerprint density at radius 1 is 1.00 bits per heavy atom. The maximum atomic E-state index is 12.4. The predicted octanol–water partition coefficient (Wildman–Crippen LogP) is 2.49. The van der Waals surface area contributed by atoms with Gasteiger partial charge in [-0.3, -0.25) is 9.59 Å². The van der Waals surface area contributed by atoms with Gasteiger partial charge in [-0.25, -0.2) is 9.97 Å². The first kappa shape index (κ1) is 18.0. The Labute approximate surface area is 153 Å². The van der Waals surface area contributed by atoms with Crippen molar-refractivity contribution in [3.05, 3.63) is 54.0 Å². The summed E-state index contributed by atoms with van der Waals surface area (Å²) in [6.07, 6.45) is 3.00. The highest BCUT2D eigenvalue weighted by Gasteiger charge is 2.22. The van der Waals surface area contributed by atoms with Crippen LogP contribution in [0.25, 0.3) is 0 Å². The zero-order valence-corrected chi connectivity index (χ0v) is 15.1. The third-order valence-corrected chi connectivity index (χ3v) is 4.64. The molecular formula is C20H24N4O2. The number of carbonyl (C=O) groups excluding carboxylic acids is 2. The van der Waals surface area contributed by atoms with Crippen molar-refractivity contribution in [2.75, 3.05) is 31.1 Å². The second-order valence-corrected chi connectivity index (χ2v) is 6.53. The maximum Gasteiger partial charge on any atom is 0.222 e. The van der Waals surface area contributed by atoms with Crippen molar-refractivity contribution < 1.29 is 9.59 Å². The zero-order chi connectivity index (χ0) is 18.4. The normalized spacial score (nSPS) is 14.3. The summed E-state index contributed by atoms with van der Waals surface area (Å²) in [4.78, 5) is 37.0. The minimum Gasteiger partial charge on any atom is -0.353 e. The topological polar surface area (TPSA) is 66.4 Å². The molecule has 0 spiro atoms. The number of rotatable bonds is 6. The lowest BCUT2D eigenvalue weighted by atomic mass is 10.1. The summed E-state index contributed by atoms with van der Waals surface area (Å²) in [5.41, 5.74) is 1.66. The van der Waals surface area contributed by atoms with Crippen molar-refractivity contribution in [3.8, 4) is 0 Å². The van der Waals surface area contributed by atoms with Gasteiger partial charge in [0.1, 0.15) is 12.1 Å². The molecule has 0 atom stereocenters. The van der Waals surface area contributed by atoms with Gasteiger partial charge in [0.05, 0.1) is 0 Å². The average molecular weight is 352 g/mol. The number of hydrogen-bond acceptors (Lipinski definition) is 5. The smallest absolute Gasteiger partial charge is 0.222 e. The van der Waals surface area contributed by atoms with E-state index in [1.807, 2.05) is 48.2 Å². The molecule has 6 nitrogen and oxygen atoms in total. The van der Waals surface area contributed by atoms with Crippen LogP contribution in [-0.4, -0.2) is 52.7 Å². The summed E-state index contributed by atoms with van der Waals surface area (Å²) in [5, 5.41) is 0. The van der Waals surface area contributed by atoms with E-state index in [0.29, 0.717) is 37.9 Å². The van der Waals surface area contributed by atoms with Crippen LogP contribution in [0.4, 0.5) is 5.82 Å². The van der Waals surface area contributed by atoms with Crippen LogP contribution in [-0.2, 0) is 4.79 Å². The van der Waals surface area contributed by atoms with E-state index in [9.17, 15) is 9.59 Å². The van der Waals surface area contributed by atoms with Crippen LogP contribution in [0, 0.1) is 6.92 Å². The van der Waals surface area contributed by atoms with Gasteiger partial charge < -0.3 is 9.80 Å². The molecule has 2 aromatic rings. The molecule has 0 unspecified atom stereocenters. The summed E-state index contributed by atoms with van der Waals surface area (Å²) < 4.78 is 0. The van der Waals surface area contributed by atoms with Crippen LogP contribution >= 0.6 is 0 Å². The standard InChI is InChI=1S/C20H24N4O2/c1-16-14-19(22-15-21-16)23-10-12-24(13-11-23)20(26)9-5-8-18(25)17-6-3-2-4-7-17/h2-4,6-7,14-15H,5,8-13H2,1H3. The van der Waals surface area contributed by atoms with Crippen LogP contribution in [0.3, 0.4) is 0 Å². The molecule has 1 aromatic heterocycles. The van der Waals surface area contributed by atoms with Gasteiger partial charge in [-0.1, -0.05) is 30.3 Å². The van der Waals surface area contributed by atoms with Crippen LogP contribution in [0.5, 0.6) is 0 Å². The first-order chi connectivity index (χ1) is 12.6. The van der Waals surface area contributed by atoms with Crippen LogP contribution < -0.4 is 4.90 Å². The summed E-state index contributed by atoms with van der Waals surface area (Å²) in [6, 6.07) is 11.2. The summed E-state index contributed by atoms with van der Waals surface area (Å²) in [6.45, 7) is 4.86. The Morgan fingerprint density at radius 2 is 1.73 bits per heavy atom. The Morgan fingerprint density at radius 3 is 2.42 bits per heavy atom. The lowest BCUT2D eigenvalue weighted by molar-refractivity contribution is -0.131. The third-order valence-electron chi connectivity index (χ3n) is 4.64. The van der Waals surface area contributed by atoms with Crippen LogP contribution in [0.1, 0.15) is 35.3 Å². The third kappa shape index (κ3) is 4.65. The number of aryl methyl sites for hydroxylation is 1. The van der Waals surface area contributed by atoms with Crippen molar-refractivity contribution >= 4 is 17.5 Å². The molecule has 0 N–H and O–H groups in total. The molecule has 26 heavy (non-hydrogen) atoms. The molecule has 136 valence electrons. The van der Waals surface area contributed by atoms with E-state index in [-0.39, 0.29) is 11.7 Å². The van der Waals surface area contributed by atoms with E-state index >= 15 is 0 Å². The van der Waals surface area contributed by atoms with Gasteiger partial charge in [0.15, 0.2) is 5.78 Å². The van der Waals surface area contributed by atoms with Crippen molar-refractivity contribution in [1.29, 1.82) is 0 Å². The molecule has 0 bridgehead atoms. The molecule has 0 radical (unpaired) electrons. The molecule has 6 heteroatoms. The second-order valence-electron chi connectivity index (χ2n) is 6.53. The van der Waals surface area contributed by atoms with Crippen molar-refractivity contribution in [2.45, 2.75) is 26.2 Å². The molecule has 2 heterocycles. The van der Waals surface area contributed by atoms with Gasteiger partial charge in [-0.2, -0.15) is 0 Å². The number of hydrogen-bond donors (Lipinski definition) is 0. The largest absolute Gasteiger partial charge is 0.353 e. The number of anilines is 1. The molecule has 0 saturated carbocycles. The summed E-state index contributed by atoms with van der Waals surface area (Å²) in [7, 11) is 0. The fraction of sp³-hybridized carbons (Fsp3) is 0.400. The minimum absolute atomic E-state index is 0.0994. The first-order valence-electron chi connectivity index (χ1n) is 9.03. The van der Waals surface area contributed by atoms with Gasteiger partial charge in [-0.05, 0) is 13.3 Å². The molecule has 1 fully saturated rings. The number of nitrogens with zero attached hydrogens (tertiary/aromatic N) is 4. The van der Waals surface area contributed by atoms with Gasteiger partial charge in [0.2, 0.25) is 5.91 Å². The van der Waals surface area contributed by atoms with Crippen LogP contribution in [0.15, 0.2) is 42.7 Å². The lowest BCUT2D eigenvalue weighted by Gasteiger charge is -2.35. The van der Waals surface area contributed by atoms with Crippen LogP contribution in [0.2, 0.25) is 0 Å². The Balaban J connectivity index is 1.42. The molecule has 1 aliphatic heterocycles. The molecule has 1 saturated heterocycles. The fourth-order valence-electron chi connectivity index (χ4n) is 3.13. The molecule has 0 aliphatic carbocycles. The Hall–Kier alpha value is -2.76. The highest BCUT2D eigenvalue weighted by atomic mass is 16.2. The molecule has 1 amide bonds. The molecular weight excluding hydrogens is 328 g/mol. The molecule has 3 rings (SSSR count). The van der Waals surface area contributed by atoms with Gasteiger partial charge in [-0.15, -0.1) is 0 Å². The van der Waals surface area contributed by atoms with Crippen molar-refractivity contribution in [3.63, 3.8) is 0 Å². The Kier molecular flexibility index (Phi) is 5.94. The maximum absolute atomic E-state index is 12.4. The number of ketones is 1. The van der Waals surface area contributed by atoms with Gasteiger partial charge in [0.25, 0.3) is 0 Å². The number of Topliss-reactive ketones (excluding diaryl/α,β-unsaturated/α-hetero) is 1. The first-order valence-corrected chi connectivity index (χ1v) is 9.03. The predicted molar refractivity (Wildman–Crippen MR) is 100 cm³/mol. The van der Waals surface area contributed by atoms with Crippen molar-refractivity contribution in [1.82, 2.24) is 14.9 Å². The average Bonchev–Trinajstić information content (AvgIpc) is 2.68. The van der Waals surface area contributed by atoms with Gasteiger partial charge >= 0.3 is 0 Å². The minimum atomic E-state index is 0.0994. The van der Waals surface area contributed by atoms with E-state index < -0.39 is 0 Å². The highest BCUT2D eigenvalue weighted by molar-refractivity contribution is 5.96. The van der Waals surface area contributed by atoms with E-state index in [0.717, 1.165) is 24.6 Å². The van der Waals surface area contributed by atoms with E-state index in [4.69, 9.17) is 0 Å². The zero-order valence-electron chi connectivity index (χ0n) is 15.1. The van der Waals surface area contributed by atoms with E-state index in [1.165, 1.54) is 0 Å². The summed E-state index contributed by atoms with van der Waals surface area (Å²) >= 11 is 0. The fourth-order valence-corrected chi connectivity index (χ4v) is 3.13. The monoisotopic (exact) mass is 352 g/mol. The molecule has 1 aromatic carbocycles. The quantitative estimate of drug-likeness (QED) is 0.747. The summed E-state index contributed by atoms with van der Waals surface area (Å²) in [5.74, 6) is 1.14. The molecule has 1 aliphatic rings. The number of benzene rings is 1. The van der Waals surface area contributed by atoms with Crippen molar-refractivity contribution in [2.24, 2.45) is 0 Å². The number of amides is 1. The Bertz CT molecular complexity index is 755. The van der Waals surface area contributed by atoms with E-state index in [1.54, 1.807) is 6.33 Å². The van der Waals surface area contributed by atoms with Gasteiger partial charge in [0, 0.05) is 56.3 Å². The SMILES string of the molecule is Cc1cc(N2CCN(C(=O)CCCC(=O)c3ccccc3)CC2)ncn1. The lowest BCUT2D eigenvalue weighted by Crippen LogP contribution is -2.49.